The molecule has 172 valence electrons. The van der Waals surface area contributed by atoms with Gasteiger partial charge in [0, 0.05) is 13.2 Å². The molecule has 0 rings (SSSR count). The van der Waals surface area contributed by atoms with Crippen molar-refractivity contribution in [2.75, 3.05) is 13.2 Å². The average molecular weight is 401 g/mol. The molecule has 0 heterocycles. The van der Waals surface area contributed by atoms with E-state index < -0.39 is 0 Å². The fraction of sp³-hybridized carbons (Fsp3) is 1.00. The molecule has 2 heteroatoms. The average Bonchev–Trinajstić information content (AvgIpc) is 2.65. The van der Waals surface area contributed by atoms with E-state index in [1.807, 2.05) is 0 Å². The van der Waals surface area contributed by atoms with E-state index in [9.17, 15) is 0 Å². The molecule has 0 bridgehead atoms. The third kappa shape index (κ3) is 33.5. The van der Waals surface area contributed by atoms with Crippen molar-refractivity contribution in [3.05, 3.63) is 0 Å². The topological polar surface area (TPSA) is 40.5 Å². The van der Waals surface area contributed by atoms with Crippen LogP contribution < -0.4 is 0 Å². The first-order valence-corrected chi connectivity index (χ1v) is 12.8. The van der Waals surface area contributed by atoms with Crippen LogP contribution in [-0.4, -0.2) is 23.4 Å². The molecule has 0 aliphatic rings. The van der Waals surface area contributed by atoms with Crippen molar-refractivity contribution < 1.29 is 10.2 Å². The summed E-state index contributed by atoms with van der Waals surface area (Å²) in [6.45, 7) is 9.94. The van der Waals surface area contributed by atoms with Crippen LogP contribution in [0.4, 0.5) is 0 Å². The van der Waals surface area contributed by atoms with Gasteiger partial charge in [-0.25, -0.2) is 0 Å². The first kappa shape index (κ1) is 30.1. The molecular weight excluding hydrogens is 344 g/mol. The summed E-state index contributed by atoms with van der Waals surface area (Å²) in [5.41, 5.74) is 0. The van der Waals surface area contributed by atoms with Gasteiger partial charge in [-0.15, -0.1) is 0 Å². The van der Waals surface area contributed by atoms with E-state index >= 15 is 0 Å². The molecule has 0 aliphatic carbocycles. The van der Waals surface area contributed by atoms with Crippen LogP contribution in [0, 0.1) is 11.8 Å². The number of aliphatic hydroxyl groups is 2. The fourth-order valence-corrected chi connectivity index (χ4v) is 3.45. The van der Waals surface area contributed by atoms with Gasteiger partial charge in [-0.1, -0.05) is 130 Å². The quantitative estimate of drug-likeness (QED) is 0.202. The lowest BCUT2D eigenvalue weighted by atomic mass is 10.0. The van der Waals surface area contributed by atoms with Crippen molar-refractivity contribution in [1.29, 1.82) is 0 Å². The van der Waals surface area contributed by atoms with Gasteiger partial charge in [-0.3, -0.25) is 0 Å². The SMILES string of the molecule is CC(C)CCCCCCCCCCO.CC(C)CCCCCCCCCCO. The summed E-state index contributed by atoms with van der Waals surface area (Å²) in [5.74, 6) is 1.75. The van der Waals surface area contributed by atoms with Gasteiger partial charge in [0.15, 0.2) is 0 Å². The second kappa shape index (κ2) is 26.9. The first-order chi connectivity index (χ1) is 13.5. The Morgan fingerprint density at radius 3 is 0.786 bits per heavy atom. The molecule has 0 radical (unpaired) electrons. The van der Waals surface area contributed by atoms with Gasteiger partial charge in [0.1, 0.15) is 0 Å². The largest absolute Gasteiger partial charge is 0.396 e. The van der Waals surface area contributed by atoms with Gasteiger partial charge in [-0.05, 0) is 24.7 Å². The predicted molar refractivity (Wildman–Crippen MR) is 127 cm³/mol. The number of rotatable bonds is 20. The second-order valence-electron chi connectivity index (χ2n) is 9.47. The Balaban J connectivity index is 0. The Morgan fingerprint density at radius 2 is 0.571 bits per heavy atom. The maximum atomic E-state index is 8.59. The normalized spacial score (nSPS) is 11.1. The molecule has 0 fully saturated rings. The maximum Gasteiger partial charge on any atom is 0.0431 e. The van der Waals surface area contributed by atoms with E-state index in [1.54, 1.807) is 0 Å². The molecular formula is C26H56O2. The standard InChI is InChI=1S/2C13H28O/c2*1-13(2)11-9-7-5-3-4-6-8-10-12-14/h2*13-14H,3-12H2,1-2H3. The highest BCUT2D eigenvalue weighted by atomic mass is 16.3. The number of aliphatic hydroxyl groups excluding tert-OH is 2. The van der Waals surface area contributed by atoms with Crippen LogP contribution >= 0.6 is 0 Å². The van der Waals surface area contributed by atoms with Gasteiger partial charge >= 0.3 is 0 Å². The summed E-state index contributed by atoms with van der Waals surface area (Å²) in [7, 11) is 0. The van der Waals surface area contributed by atoms with Crippen LogP contribution in [-0.2, 0) is 0 Å². The molecule has 0 saturated heterocycles. The molecule has 0 atom stereocenters. The van der Waals surface area contributed by atoms with E-state index in [-0.39, 0.29) is 0 Å². The number of hydrogen-bond acceptors (Lipinski definition) is 2. The summed E-state index contributed by atoms with van der Waals surface area (Å²) in [6, 6.07) is 0. The molecule has 0 aromatic heterocycles. The summed E-state index contributed by atoms with van der Waals surface area (Å²) in [4.78, 5) is 0. The zero-order valence-corrected chi connectivity index (χ0v) is 20.2. The Kier molecular flexibility index (Phi) is 29.0. The van der Waals surface area contributed by atoms with Gasteiger partial charge in [0.2, 0.25) is 0 Å². The highest BCUT2D eigenvalue weighted by Gasteiger charge is 1.95. The predicted octanol–water partition coefficient (Wildman–Crippen LogP) is 8.29. The summed E-state index contributed by atoms with van der Waals surface area (Å²) in [6.07, 6.45) is 23.8. The summed E-state index contributed by atoms with van der Waals surface area (Å²) < 4.78 is 0. The minimum Gasteiger partial charge on any atom is -0.396 e. The summed E-state index contributed by atoms with van der Waals surface area (Å²) in [5, 5.41) is 17.2. The van der Waals surface area contributed by atoms with E-state index in [1.165, 1.54) is 103 Å². The molecule has 2 N–H and O–H groups in total. The van der Waals surface area contributed by atoms with Gasteiger partial charge in [-0.2, -0.15) is 0 Å². The minimum absolute atomic E-state index is 0.369. The van der Waals surface area contributed by atoms with Crippen LogP contribution in [0.15, 0.2) is 0 Å². The van der Waals surface area contributed by atoms with Crippen molar-refractivity contribution in [3.8, 4) is 0 Å². The molecule has 28 heavy (non-hydrogen) atoms. The van der Waals surface area contributed by atoms with Crippen molar-refractivity contribution in [3.63, 3.8) is 0 Å². The maximum absolute atomic E-state index is 8.59. The summed E-state index contributed by atoms with van der Waals surface area (Å²) >= 11 is 0. The van der Waals surface area contributed by atoms with Crippen LogP contribution in [0.5, 0.6) is 0 Å². The monoisotopic (exact) mass is 400 g/mol. The molecule has 0 saturated carbocycles. The van der Waals surface area contributed by atoms with Crippen LogP contribution in [0.3, 0.4) is 0 Å². The Labute approximate surface area is 178 Å². The molecule has 0 amide bonds. The molecule has 0 aromatic rings. The van der Waals surface area contributed by atoms with Crippen LogP contribution in [0.1, 0.15) is 143 Å². The van der Waals surface area contributed by atoms with Crippen molar-refractivity contribution >= 4 is 0 Å². The second-order valence-corrected chi connectivity index (χ2v) is 9.47. The molecule has 2 nitrogen and oxygen atoms in total. The highest BCUT2D eigenvalue weighted by molar-refractivity contribution is 4.50. The third-order valence-corrected chi connectivity index (χ3v) is 5.38. The fourth-order valence-electron chi connectivity index (χ4n) is 3.45. The Morgan fingerprint density at radius 1 is 0.357 bits per heavy atom. The minimum atomic E-state index is 0.369. The van der Waals surface area contributed by atoms with Crippen LogP contribution in [0.2, 0.25) is 0 Å². The lowest BCUT2D eigenvalue weighted by molar-refractivity contribution is 0.282. The molecule has 0 aliphatic heterocycles. The molecule has 0 unspecified atom stereocenters. The molecule has 0 aromatic carbocycles. The third-order valence-electron chi connectivity index (χ3n) is 5.38. The Bertz CT molecular complexity index is 225. The Hall–Kier alpha value is -0.0800. The van der Waals surface area contributed by atoms with Crippen molar-refractivity contribution in [1.82, 2.24) is 0 Å². The zero-order valence-electron chi connectivity index (χ0n) is 20.2. The number of hydrogen-bond donors (Lipinski definition) is 2. The molecule has 0 spiro atoms. The van der Waals surface area contributed by atoms with E-state index in [2.05, 4.69) is 27.7 Å². The van der Waals surface area contributed by atoms with Gasteiger partial charge in [0.05, 0.1) is 0 Å². The zero-order chi connectivity index (χ0) is 21.3. The van der Waals surface area contributed by atoms with Crippen molar-refractivity contribution in [2.45, 2.75) is 143 Å². The van der Waals surface area contributed by atoms with Crippen LogP contribution in [0.25, 0.3) is 0 Å². The lowest BCUT2D eigenvalue weighted by Gasteiger charge is -2.04. The number of unbranched alkanes of at least 4 members (excludes halogenated alkanes) is 14. The first-order valence-electron chi connectivity index (χ1n) is 12.8. The smallest absolute Gasteiger partial charge is 0.0431 e. The van der Waals surface area contributed by atoms with Crippen molar-refractivity contribution in [2.24, 2.45) is 11.8 Å². The van der Waals surface area contributed by atoms with Gasteiger partial charge < -0.3 is 10.2 Å². The highest BCUT2D eigenvalue weighted by Crippen LogP contribution is 2.13. The van der Waals surface area contributed by atoms with E-state index in [0.29, 0.717) is 13.2 Å². The van der Waals surface area contributed by atoms with Gasteiger partial charge in [0.25, 0.3) is 0 Å². The van der Waals surface area contributed by atoms with E-state index in [0.717, 1.165) is 24.7 Å². The lowest BCUT2D eigenvalue weighted by Crippen LogP contribution is -1.87. The van der Waals surface area contributed by atoms with E-state index in [4.69, 9.17) is 10.2 Å².